The van der Waals surface area contributed by atoms with Crippen LogP contribution in [0.4, 0.5) is 0 Å². The highest BCUT2D eigenvalue weighted by atomic mass is 35.5. The molecule has 1 N–H and O–H groups in total. The standard InChI is InChI=1S/C15H13ClN2O/c1-11(18-19)15(10-12-6-8-17-9-7-12)13-2-4-14(16)5-3-13/h2-10,19H,1H3/b15-10+,18-11+. The molecule has 2 rings (SSSR count). The predicted molar refractivity (Wildman–Crippen MR) is 78.5 cm³/mol. The first-order valence-electron chi connectivity index (χ1n) is 5.77. The van der Waals surface area contributed by atoms with Gasteiger partial charge in [0.15, 0.2) is 0 Å². The minimum Gasteiger partial charge on any atom is -0.411 e. The lowest BCUT2D eigenvalue weighted by atomic mass is 9.99. The Bertz CT molecular complexity index is 604. The maximum absolute atomic E-state index is 9.01. The average Bonchev–Trinajstić information content (AvgIpc) is 2.46. The maximum atomic E-state index is 9.01. The molecule has 0 saturated heterocycles. The molecule has 2 aromatic rings. The van der Waals surface area contributed by atoms with Crippen molar-refractivity contribution in [2.24, 2.45) is 5.16 Å². The summed E-state index contributed by atoms with van der Waals surface area (Å²) in [6.07, 6.45) is 5.38. The Hall–Kier alpha value is -2.13. The fourth-order valence-electron chi connectivity index (χ4n) is 1.71. The van der Waals surface area contributed by atoms with Gasteiger partial charge in [-0.05, 0) is 48.4 Å². The number of benzene rings is 1. The van der Waals surface area contributed by atoms with Gasteiger partial charge in [-0.15, -0.1) is 0 Å². The van der Waals surface area contributed by atoms with E-state index in [9.17, 15) is 0 Å². The molecule has 1 aromatic heterocycles. The maximum Gasteiger partial charge on any atom is 0.0843 e. The quantitative estimate of drug-likeness (QED) is 0.519. The molecular formula is C15H13ClN2O. The molecule has 4 heteroatoms. The first-order valence-corrected chi connectivity index (χ1v) is 6.15. The van der Waals surface area contributed by atoms with Gasteiger partial charge in [-0.2, -0.15) is 0 Å². The topological polar surface area (TPSA) is 45.5 Å². The zero-order valence-electron chi connectivity index (χ0n) is 10.4. The first kappa shape index (κ1) is 13.3. The highest BCUT2D eigenvalue weighted by Gasteiger charge is 2.06. The number of halogens is 1. The fraction of sp³-hybridized carbons (Fsp3) is 0.0667. The van der Waals surface area contributed by atoms with Crippen LogP contribution in [0.5, 0.6) is 0 Å². The lowest BCUT2D eigenvalue weighted by molar-refractivity contribution is 0.319. The highest BCUT2D eigenvalue weighted by Crippen LogP contribution is 2.21. The molecule has 0 bridgehead atoms. The molecule has 0 saturated carbocycles. The minimum atomic E-state index is 0.541. The van der Waals surface area contributed by atoms with Crippen molar-refractivity contribution in [2.75, 3.05) is 0 Å². The van der Waals surface area contributed by atoms with E-state index in [-0.39, 0.29) is 0 Å². The van der Waals surface area contributed by atoms with E-state index in [4.69, 9.17) is 16.8 Å². The Balaban J connectivity index is 2.48. The normalized spacial score (nSPS) is 12.5. The number of hydrogen-bond donors (Lipinski definition) is 1. The Morgan fingerprint density at radius 2 is 1.79 bits per heavy atom. The van der Waals surface area contributed by atoms with E-state index in [1.165, 1.54) is 0 Å². The second kappa shape index (κ2) is 6.16. The van der Waals surface area contributed by atoms with Crippen LogP contribution in [0, 0.1) is 0 Å². The molecule has 0 radical (unpaired) electrons. The van der Waals surface area contributed by atoms with Crippen LogP contribution < -0.4 is 0 Å². The molecule has 0 fully saturated rings. The number of allylic oxidation sites excluding steroid dienone is 1. The lowest BCUT2D eigenvalue weighted by Gasteiger charge is -2.07. The van der Waals surface area contributed by atoms with E-state index in [1.54, 1.807) is 19.3 Å². The molecule has 1 heterocycles. The SMILES string of the molecule is CC(=N\O)/C(=C\c1ccncc1)c1ccc(Cl)cc1. The van der Waals surface area contributed by atoms with E-state index in [0.29, 0.717) is 10.7 Å². The van der Waals surface area contributed by atoms with Crippen molar-refractivity contribution in [3.05, 3.63) is 64.9 Å². The highest BCUT2D eigenvalue weighted by molar-refractivity contribution is 6.31. The molecule has 0 unspecified atom stereocenters. The largest absolute Gasteiger partial charge is 0.411 e. The van der Waals surface area contributed by atoms with E-state index in [0.717, 1.165) is 16.7 Å². The van der Waals surface area contributed by atoms with Gasteiger partial charge in [0.1, 0.15) is 0 Å². The number of nitrogens with zero attached hydrogens (tertiary/aromatic N) is 2. The molecular weight excluding hydrogens is 260 g/mol. The number of hydrogen-bond acceptors (Lipinski definition) is 3. The number of rotatable bonds is 3. The van der Waals surface area contributed by atoms with Gasteiger partial charge in [-0.1, -0.05) is 28.9 Å². The zero-order chi connectivity index (χ0) is 13.7. The summed E-state index contributed by atoms with van der Waals surface area (Å²) in [5.74, 6) is 0. The molecule has 0 amide bonds. The second-order valence-corrected chi connectivity index (χ2v) is 4.47. The van der Waals surface area contributed by atoms with Crippen molar-refractivity contribution in [2.45, 2.75) is 6.92 Å². The van der Waals surface area contributed by atoms with Crippen molar-refractivity contribution in [3.8, 4) is 0 Å². The third-order valence-electron chi connectivity index (χ3n) is 2.71. The van der Waals surface area contributed by atoms with Gasteiger partial charge in [0.2, 0.25) is 0 Å². The first-order chi connectivity index (χ1) is 9.20. The fourth-order valence-corrected chi connectivity index (χ4v) is 1.83. The van der Waals surface area contributed by atoms with E-state index < -0.39 is 0 Å². The molecule has 3 nitrogen and oxygen atoms in total. The van der Waals surface area contributed by atoms with Crippen LogP contribution in [0.15, 0.2) is 53.9 Å². The van der Waals surface area contributed by atoms with Crippen molar-refractivity contribution in [1.82, 2.24) is 4.98 Å². The van der Waals surface area contributed by atoms with E-state index in [2.05, 4.69) is 10.1 Å². The van der Waals surface area contributed by atoms with Gasteiger partial charge in [-0.3, -0.25) is 4.98 Å². The third kappa shape index (κ3) is 3.42. The molecule has 0 aliphatic heterocycles. The van der Waals surface area contributed by atoms with Crippen LogP contribution in [0.2, 0.25) is 5.02 Å². The molecule has 96 valence electrons. The average molecular weight is 273 g/mol. The zero-order valence-corrected chi connectivity index (χ0v) is 11.2. The van der Waals surface area contributed by atoms with Gasteiger partial charge in [-0.25, -0.2) is 0 Å². The summed E-state index contributed by atoms with van der Waals surface area (Å²) in [6, 6.07) is 11.2. The van der Waals surface area contributed by atoms with Gasteiger partial charge < -0.3 is 5.21 Å². The second-order valence-electron chi connectivity index (χ2n) is 4.03. The molecule has 0 aliphatic carbocycles. The summed E-state index contributed by atoms with van der Waals surface area (Å²) in [5, 5.41) is 13.0. The van der Waals surface area contributed by atoms with Crippen molar-refractivity contribution < 1.29 is 5.21 Å². The monoisotopic (exact) mass is 272 g/mol. The molecule has 0 spiro atoms. The van der Waals surface area contributed by atoms with Gasteiger partial charge in [0, 0.05) is 23.0 Å². The van der Waals surface area contributed by atoms with Gasteiger partial charge in [0.25, 0.3) is 0 Å². The Morgan fingerprint density at radius 1 is 1.16 bits per heavy atom. The molecule has 19 heavy (non-hydrogen) atoms. The van der Waals surface area contributed by atoms with Crippen LogP contribution in [0.3, 0.4) is 0 Å². The van der Waals surface area contributed by atoms with Crippen molar-refractivity contribution in [1.29, 1.82) is 0 Å². The molecule has 0 atom stereocenters. The summed E-state index contributed by atoms with van der Waals surface area (Å²) >= 11 is 5.88. The van der Waals surface area contributed by atoms with Crippen molar-refractivity contribution >= 4 is 29.0 Å². The van der Waals surface area contributed by atoms with Crippen LogP contribution in [0.25, 0.3) is 11.6 Å². The Morgan fingerprint density at radius 3 is 2.37 bits per heavy atom. The van der Waals surface area contributed by atoms with E-state index >= 15 is 0 Å². The lowest BCUT2D eigenvalue weighted by Crippen LogP contribution is -1.97. The smallest absolute Gasteiger partial charge is 0.0843 e. The Labute approximate surface area is 116 Å². The predicted octanol–water partition coefficient (Wildman–Crippen LogP) is 4.13. The number of pyridine rings is 1. The van der Waals surface area contributed by atoms with Crippen LogP contribution >= 0.6 is 11.6 Å². The van der Waals surface area contributed by atoms with Crippen molar-refractivity contribution in [3.63, 3.8) is 0 Å². The van der Waals surface area contributed by atoms with Crippen LogP contribution in [-0.2, 0) is 0 Å². The van der Waals surface area contributed by atoms with Gasteiger partial charge in [0.05, 0.1) is 5.71 Å². The third-order valence-corrected chi connectivity index (χ3v) is 2.96. The van der Waals surface area contributed by atoms with Gasteiger partial charge >= 0.3 is 0 Å². The summed E-state index contributed by atoms with van der Waals surface area (Å²) in [4.78, 5) is 3.98. The summed E-state index contributed by atoms with van der Waals surface area (Å²) in [6.45, 7) is 1.75. The minimum absolute atomic E-state index is 0.541. The van der Waals surface area contributed by atoms with Crippen LogP contribution in [0.1, 0.15) is 18.1 Å². The van der Waals surface area contributed by atoms with E-state index in [1.807, 2.05) is 42.5 Å². The summed E-state index contributed by atoms with van der Waals surface area (Å²) < 4.78 is 0. The number of aromatic nitrogens is 1. The Kier molecular flexibility index (Phi) is 4.31. The summed E-state index contributed by atoms with van der Waals surface area (Å²) in [7, 11) is 0. The number of oxime groups is 1. The molecule has 1 aromatic carbocycles. The van der Waals surface area contributed by atoms with Crippen LogP contribution in [-0.4, -0.2) is 15.9 Å². The summed E-state index contributed by atoms with van der Waals surface area (Å²) in [5.41, 5.74) is 3.31. The molecule has 0 aliphatic rings.